The van der Waals surface area contributed by atoms with E-state index in [0.717, 1.165) is 35.3 Å². The molecule has 0 aromatic carbocycles. The third kappa shape index (κ3) is 2.89. The Morgan fingerprint density at radius 1 is 1.22 bits per heavy atom. The maximum atomic E-state index is 13.0. The summed E-state index contributed by atoms with van der Waals surface area (Å²) >= 11 is 3.42. The van der Waals surface area contributed by atoms with E-state index < -0.39 is 0 Å². The molecule has 0 radical (unpaired) electrons. The first-order valence-electron chi connectivity index (χ1n) is 8.50. The number of amides is 1. The first-order valence-corrected chi connectivity index (χ1v) is 9.30. The molecule has 3 heterocycles. The molecule has 1 aliphatic heterocycles. The molecule has 4 rings (SSSR count). The van der Waals surface area contributed by atoms with Crippen LogP contribution in [0.25, 0.3) is 5.65 Å². The van der Waals surface area contributed by atoms with Crippen LogP contribution in [-0.4, -0.2) is 38.0 Å². The van der Waals surface area contributed by atoms with Crippen molar-refractivity contribution < 1.29 is 4.79 Å². The summed E-state index contributed by atoms with van der Waals surface area (Å²) in [6.45, 7) is 2.99. The summed E-state index contributed by atoms with van der Waals surface area (Å²) < 4.78 is 2.64. The molecule has 0 unspecified atom stereocenters. The summed E-state index contributed by atoms with van der Waals surface area (Å²) in [5.74, 6) is 0.585. The molecule has 2 aliphatic rings. The predicted molar refractivity (Wildman–Crippen MR) is 91.6 cm³/mol. The molecule has 0 spiro atoms. The zero-order valence-corrected chi connectivity index (χ0v) is 14.9. The van der Waals surface area contributed by atoms with E-state index in [9.17, 15) is 4.79 Å². The summed E-state index contributed by atoms with van der Waals surface area (Å²) in [6.07, 6.45) is 6.94. The fraction of sp³-hybridized carbons (Fsp3) is 0.588. The summed E-state index contributed by atoms with van der Waals surface area (Å²) in [4.78, 5) is 19.6. The average molecular weight is 377 g/mol. The van der Waals surface area contributed by atoms with Gasteiger partial charge in [-0.25, -0.2) is 9.50 Å². The van der Waals surface area contributed by atoms with Crippen LogP contribution in [0.2, 0.25) is 0 Å². The first kappa shape index (κ1) is 15.1. The molecule has 2 aromatic rings. The highest BCUT2D eigenvalue weighted by molar-refractivity contribution is 9.10. The van der Waals surface area contributed by atoms with E-state index in [0.29, 0.717) is 17.7 Å². The lowest BCUT2D eigenvalue weighted by molar-refractivity contribution is 0.0692. The maximum Gasteiger partial charge on any atom is 0.272 e. The lowest BCUT2D eigenvalue weighted by atomic mass is 10.1. The summed E-state index contributed by atoms with van der Waals surface area (Å²) in [5, 5.41) is 4.46. The van der Waals surface area contributed by atoms with Crippen LogP contribution < -0.4 is 0 Å². The van der Waals surface area contributed by atoms with Crippen LogP contribution >= 0.6 is 15.9 Å². The number of aromatic nitrogens is 3. The van der Waals surface area contributed by atoms with E-state index >= 15 is 0 Å². The fourth-order valence-corrected chi connectivity index (χ4v) is 3.84. The standard InChI is InChI=1S/C17H21BrN4O/c1-11-5-3-2-4-8-21(11)17(23)13-9-14(12-6-7-12)22-16(19-13)10-15(18)20-22/h9-12H,2-8H2,1H3/t11-/m1/s1. The van der Waals surface area contributed by atoms with E-state index in [2.05, 4.69) is 32.9 Å². The fourth-order valence-electron chi connectivity index (χ4n) is 3.47. The van der Waals surface area contributed by atoms with E-state index in [1.165, 1.54) is 25.7 Å². The van der Waals surface area contributed by atoms with Gasteiger partial charge in [0.05, 0.1) is 0 Å². The van der Waals surface area contributed by atoms with Gasteiger partial charge in [-0.3, -0.25) is 4.79 Å². The van der Waals surface area contributed by atoms with Crippen LogP contribution in [0, 0.1) is 0 Å². The highest BCUT2D eigenvalue weighted by Gasteiger charge is 2.30. The third-order valence-electron chi connectivity index (χ3n) is 4.95. The molecule has 1 aliphatic carbocycles. The predicted octanol–water partition coefficient (Wildman–Crippen LogP) is 3.77. The number of hydrogen-bond donors (Lipinski definition) is 0. The Morgan fingerprint density at radius 2 is 2.04 bits per heavy atom. The van der Waals surface area contributed by atoms with Gasteiger partial charge in [-0.1, -0.05) is 12.8 Å². The Labute approximate surface area is 144 Å². The third-order valence-corrected chi connectivity index (χ3v) is 5.34. The molecule has 2 fully saturated rings. The van der Waals surface area contributed by atoms with Gasteiger partial charge in [0.15, 0.2) is 5.65 Å². The lowest BCUT2D eigenvalue weighted by Gasteiger charge is -2.27. The number of nitrogens with zero attached hydrogens (tertiary/aromatic N) is 4. The van der Waals surface area contributed by atoms with Gasteiger partial charge in [0.2, 0.25) is 0 Å². The minimum atomic E-state index is 0.0705. The Kier molecular flexibility index (Phi) is 3.87. The zero-order chi connectivity index (χ0) is 16.0. The summed E-state index contributed by atoms with van der Waals surface area (Å²) in [6, 6.07) is 4.14. The number of carbonyl (C=O) groups is 1. The lowest BCUT2D eigenvalue weighted by Crippen LogP contribution is -2.38. The van der Waals surface area contributed by atoms with Crippen molar-refractivity contribution in [3.05, 3.63) is 28.1 Å². The molecule has 122 valence electrons. The Hall–Kier alpha value is -1.43. The van der Waals surface area contributed by atoms with Crippen molar-refractivity contribution in [3.8, 4) is 0 Å². The number of rotatable bonds is 2. The molecule has 5 nitrogen and oxygen atoms in total. The van der Waals surface area contributed by atoms with Crippen LogP contribution in [-0.2, 0) is 0 Å². The highest BCUT2D eigenvalue weighted by atomic mass is 79.9. The molecule has 0 N–H and O–H groups in total. The molecular weight excluding hydrogens is 356 g/mol. The highest BCUT2D eigenvalue weighted by Crippen LogP contribution is 2.40. The molecule has 6 heteroatoms. The zero-order valence-electron chi connectivity index (χ0n) is 13.3. The molecule has 2 aromatic heterocycles. The quantitative estimate of drug-likeness (QED) is 0.801. The second-order valence-electron chi connectivity index (χ2n) is 6.77. The van der Waals surface area contributed by atoms with Crippen molar-refractivity contribution in [1.82, 2.24) is 19.5 Å². The van der Waals surface area contributed by atoms with Gasteiger partial charge >= 0.3 is 0 Å². The first-order chi connectivity index (χ1) is 11.1. The van der Waals surface area contributed by atoms with E-state index in [1.807, 2.05) is 21.5 Å². The Balaban J connectivity index is 1.74. The van der Waals surface area contributed by atoms with Gasteiger partial charge in [-0.15, -0.1) is 0 Å². The normalized spacial score (nSPS) is 22.3. The number of likely N-dealkylation sites (tertiary alicyclic amines) is 1. The van der Waals surface area contributed by atoms with E-state index in [-0.39, 0.29) is 5.91 Å². The maximum absolute atomic E-state index is 13.0. The summed E-state index contributed by atoms with van der Waals surface area (Å²) in [7, 11) is 0. The molecule has 23 heavy (non-hydrogen) atoms. The number of fused-ring (bicyclic) bond motifs is 1. The molecular formula is C17H21BrN4O. The minimum absolute atomic E-state index is 0.0705. The molecule has 1 atom stereocenters. The van der Waals surface area contributed by atoms with Crippen LogP contribution in [0.3, 0.4) is 0 Å². The number of carbonyl (C=O) groups excluding carboxylic acids is 1. The van der Waals surface area contributed by atoms with Gasteiger partial charge in [0, 0.05) is 30.3 Å². The minimum Gasteiger partial charge on any atom is -0.335 e. The van der Waals surface area contributed by atoms with Crippen molar-refractivity contribution in [1.29, 1.82) is 0 Å². The molecule has 1 saturated heterocycles. The van der Waals surface area contributed by atoms with Gasteiger partial charge in [0.1, 0.15) is 10.3 Å². The number of hydrogen-bond acceptors (Lipinski definition) is 3. The topological polar surface area (TPSA) is 50.5 Å². The van der Waals surface area contributed by atoms with Crippen LogP contribution in [0.1, 0.15) is 67.5 Å². The van der Waals surface area contributed by atoms with Crippen molar-refractivity contribution in [2.75, 3.05) is 6.54 Å². The second kappa shape index (κ2) is 5.89. The number of halogens is 1. The van der Waals surface area contributed by atoms with Gasteiger partial charge < -0.3 is 4.90 Å². The van der Waals surface area contributed by atoms with Crippen LogP contribution in [0.5, 0.6) is 0 Å². The van der Waals surface area contributed by atoms with Gasteiger partial charge in [0.25, 0.3) is 5.91 Å². The second-order valence-corrected chi connectivity index (χ2v) is 7.59. The van der Waals surface area contributed by atoms with Crippen molar-refractivity contribution >= 4 is 27.5 Å². The summed E-state index contributed by atoms with van der Waals surface area (Å²) in [5.41, 5.74) is 2.44. The van der Waals surface area contributed by atoms with E-state index in [1.54, 1.807) is 0 Å². The SMILES string of the molecule is C[C@@H]1CCCCCN1C(=O)c1cc(C2CC2)n2nc(Br)cc2n1. The van der Waals surface area contributed by atoms with Crippen molar-refractivity contribution in [3.63, 3.8) is 0 Å². The molecule has 1 amide bonds. The van der Waals surface area contributed by atoms with Crippen molar-refractivity contribution in [2.45, 2.75) is 57.4 Å². The average Bonchev–Trinajstić information content (AvgIpc) is 3.32. The monoisotopic (exact) mass is 376 g/mol. The largest absolute Gasteiger partial charge is 0.335 e. The van der Waals surface area contributed by atoms with Gasteiger partial charge in [-0.2, -0.15) is 5.10 Å². The Bertz CT molecular complexity index is 752. The Morgan fingerprint density at radius 3 is 2.83 bits per heavy atom. The van der Waals surface area contributed by atoms with Crippen LogP contribution in [0.4, 0.5) is 0 Å². The van der Waals surface area contributed by atoms with Gasteiger partial charge in [-0.05, 0) is 54.6 Å². The van der Waals surface area contributed by atoms with Crippen molar-refractivity contribution in [2.24, 2.45) is 0 Å². The van der Waals surface area contributed by atoms with E-state index in [4.69, 9.17) is 0 Å². The van der Waals surface area contributed by atoms with Crippen LogP contribution in [0.15, 0.2) is 16.7 Å². The molecule has 1 saturated carbocycles. The smallest absolute Gasteiger partial charge is 0.272 e. The molecule has 0 bridgehead atoms.